The molecule has 2 aliphatic heterocycles. The first kappa shape index (κ1) is 28.2. The van der Waals surface area contributed by atoms with Crippen molar-refractivity contribution in [2.24, 2.45) is 5.92 Å². The normalized spacial score (nSPS) is 19.0. The Morgan fingerprint density at radius 1 is 1.23 bits per heavy atom. The van der Waals surface area contributed by atoms with Crippen LogP contribution >= 0.6 is 23.5 Å². The molecule has 1 saturated heterocycles. The molecule has 2 N–H and O–H groups in total. The molecule has 0 spiro atoms. The average molecular weight is 582 g/mol. The van der Waals surface area contributed by atoms with Crippen molar-refractivity contribution in [3.8, 4) is 5.75 Å². The molecule has 2 amide bonds. The molecule has 3 heterocycles. The number of amides is 2. The quantitative estimate of drug-likeness (QED) is 0.287. The predicted molar refractivity (Wildman–Crippen MR) is 155 cm³/mol. The highest BCUT2D eigenvalue weighted by Gasteiger charge is 2.36. The molecule has 2 atom stereocenters. The monoisotopic (exact) mass is 581 g/mol. The van der Waals surface area contributed by atoms with Crippen molar-refractivity contribution < 1.29 is 23.9 Å². The maximum absolute atomic E-state index is 13.1. The van der Waals surface area contributed by atoms with Gasteiger partial charge in [-0.25, -0.2) is 4.98 Å². The minimum Gasteiger partial charge on any atom is -0.497 e. The van der Waals surface area contributed by atoms with Crippen molar-refractivity contribution in [1.29, 1.82) is 0 Å². The second-order valence-corrected chi connectivity index (χ2v) is 11.6. The summed E-state index contributed by atoms with van der Waals surface area (Å²) in [7, 11) is 1.62. The van der Waals surface area contributed by atoms with E-state index in [4.69, 9.17) is 14.5 Å². The van der Waals surface area contributed by atoms with Crippen LogP contribution in [0.1, 0.15) is 23.7 Å². The van der Waals surface area contributed by atoms with Gasteiger partial charge in [0.1, 0.15) is 10.8 Å². The second kappa shape index (κ2) is 12.9. The summed E-state index contributed by atoms with van der Waals surface area (Å²) in [6.07, 6.45) is 2.39. The molecule has 2 aromatic carbocycles. The topological polar surface area (TPSA) is 123 Å². The molecule has 210 valence electrons. The Bertz CT molecular complexity index is 1420. The van der Waals surface area contributed by atoms with Gasteiger partial charge in [0.25, 0.3) is 5.91 Å². The fourth-order valence-corrected chi connectivity index (χ4v) is 6.45. The number of fused-ring (bicyclic) bond motifs is 2. The summed E-state index contributed by atoms with van der Waals surface area (Å²) in [5.74, 6) is 0.716. The van der Waals surface area contributed by atoms with Crippen LogP contribution in [0.25, 0.3) is 11.0 Å². The molecule has 1 aromatic heterocycles. The lowest BCUT2D eigenvalue weighted by Gasteiger charge is -2.37. The van der Waals surface area contributed by atoms with E-state index in [1.807, 2.05) is 24.3 Å². The molecule has 0 radical (unpaired) electrons. The number of esters is 1. The lowest BCUT2D eigenvalue weighted by molar-refractivity contribution is -0.150. The number of methoxy groups -OCH3 is 1. The molecule has 0 bridgehead atoms. The number of benzene rings is 2. The molecule has 3 aromatic rings. The number of nitrogens with one attached hydrogen (secondary N) is 2. The molecule has 0 aliphatic carbocycles. The zero-order valence-electron chi connectivity index (χ0n) is 22.3. The third-order valence-electron chi connectivity index (χ3n) is 6.86. The van der Waals surface area contributed by atoms with E-state index in [2.05, 4.69) is 20.5 Å². The van der Waals surface area contributed by atoms with Crippen molar-refractivity contribution in [2.75, 3.05) is 50.2 Å². The summed E-state index contributed by atoms with van der Waals surface area (Å²) in [6, 6.07) is 10.5. The third-order valence-corrected chi connectivity index (χ3v) is 8.81. The van der Waals surface area contributed by atoms with Gasteiger partial charge in [0.15, 0.2) is 0 Å². The molecular weight excluding hydrogens is 550 g/mol. The number of rotatable bonds is 9. The van der Waals surface area contributed by atoms with E-state index in [9.17, 15) is 14.4 Å². The maximum Gasteiger partial charge on any atom is 0.312 e. The lowest BCUT2D eigenvalue weighted by atomic mass is 9.91. The zero-order valence-corrected chi connectivity index (χ0v) is 24.0. The van der Waals surface area contributed by atoms with Gasteiger partial charge in [-0.15, -0.1) is 23.5 Å². The summed E-state index contributed by atoms with van der Waals surface area (Å²) in [5.41, 5.74) is 2.67. The van der Waals surface area contributed by atoms with Gasteiger partial charge in [-0.1, -0.05) is 0 Å². The molecule has 2 aliphatic rings. The molecule has 0 saturated carbocycles. The van der Waals surface area contributed by atoms with Crippen LogP contribution in [0.3, 0.4) is 0 Å². The fourth-order valence-electron chi connectivity index (χ4n) is 4.81. The second-order valence-electron chi connectivity index (χ2n) is 9.49. The molecule has 12 heteroatoms. The highest BCUT2D eigenvalue weighted by Crippen LogP contribution is 2.32. The van der Waals surface area contributed by atoms with E-state index in [-0.39, 0.29) is 30.4 Å². The Balaban J connectivity index is 1.19. The first-order valence-corrected chi connectivity index (χ1v) is 15.1. The number of ether oxygens (including phenoxy) is 2. The van der Waals surface area contributed by atoms with Gasteiger partial charge in [-0.05, 0) is 43.7 Å². The summed E-state index contributed by atoms with van der Waals surface area (Å²) >= 11 is 3.05. The Morgan fingerprint density at radius 2 is 2.10 bits per heavy atom. The molecule has 1 fully saturated rings. The molecule has 5 rings (SSSR count). The number of hydrogen-bond acceptors (Lipinski definition) is 10. The van der Waals surface area contributed by atoms with Gasteiger partial charge in [0.2, 0.25) is 5.91 Å². The number of thioether (sulfide) groups is 2. The van der Waals surface area contributed by atoms with Crippen LogP contribution in [0.5, 0.6) is 5.75 Å². The number of carbonyl (C=O) groups is 3. The maximum atomic E-state index is 13.1. The van der Waals surface area contributed by atoms with Gasteiger partial charge in [0, 0.05) is 48.0 Å². The minimum absolute atomic E-state index is 0.0872. The first-order valence-electron chi connectivity index (χ1n) is 13.1. The zero-order chi connectivity index (χ0) is 28.1. The van der Waals surface area contributed by atoms with Gasteiger partial charge in [-0.2, -0.15) is 0 Å². The van der Waals surface area contributed by atoms with Crippen LogP contribution in [-0.2, 0) is 14.3 Å². The Morgan fingerprint density at radius 3 is 2.92 bits per heavy atom. The van der Waals surface area contributed by atoms with E-state index < -0.39 is 5.92 Å². The largest absolute Gasteiger partial charge is 0.497 e. The van der Waals surface area contributed by atoms with Crippen molar-refractivity contribution in [1.82, 2.24) is 20.2 Å². The van der Waals surface area contributed by atoms with Crippen LogP contribution in [-0.4, -0.2) is 83.6 Å². The van der Waals surface area contributed by atoms with E-state index in [0.717, 1.165) is 45.5 Å². The summed E-state index contributed by atoms with van der Waals surface area (Å²) in [4.78, 5) is 50.1. The minimum atomic E-state index is -0.483. The first-order chi connectivity index (χ1) is 19.4. The van der Waals surface area contributed by atoms with Crippen LogP contribution in [0.2, 0.25) is 0 Å². The highest BCUT2D eigenvalue weighted by atomic mass is 32.2. The van der Waals surface area contributed by atoms with Gasteiger partial charge in [0.05, 0.1) is 48.3 Å². The third kappa shape index (κ3) is 6.68. The van der Waals surface area contributed by atoms with Crippen LogP contribution in [0.4, 0.5) is 5.69 Å². The number of aromatic nitrogens is 2. The van der Waals surface area contributed by atoms with Crippen molar-refractivity contribution in [2.45, 2.75) is 29.3 Å². The van der Waals surface area contributed by atoms with Crippen LogP contribution < -0.4 is 15.4 Å². The van der Waals surface area contributed by atoms with Gasteiger partial charge < -0.3 is 25.0 Å². The highest BCUT2D eigenvalue weighted by molar-refractivity contribution is 8.00. The Kier molecular flexibility index (Phi) is 9.08. The average Bonchev–Trinajstić information content (AvgIpc) is 2.97. The van der Waals surface area contributed by atoms with Crippen molar-refractivity contribution >= 4 is 58.0 Å². The summed E-state index contributed by atoms with van der Waals surface area (Å²) in [6.45, 7) is 4.03. The number of anilines is 1. The smallest absolute Gasteiger partial charge is 0.312 e. The van der Waals surface area contributed by atoms with E-state index >= 15 is 0 Å². The lowest BCUT2D eigenvalue weighted by Crippen LogP contribution is -2.54. The Hall–Kier alpha value is -3.35. The number of nitrogens with zero attached hydrogens (tertiary/aromatic N) is 3. The van der Waals surface area contributed by atoms with Crippen molar-refractivity contribution in [3.63, 3.8) is 0 Å². The van der Waals surface area contributed by atoms with Crippen molar-refractivity contribution in [3.05, 3.63) is 48.2 Å². The number of hydrogen-bond donors (Lipinski definition) is 2. The molecule has 10 nitrogen and oxygen atoms in total. The van der Waals surface area contributed by atoms with Gasteiger partial charge in [-0.3, -0.25) is 19.4 Å². The summed E-state index contributed by atoms with van der Waals surface area (Å²) in [5, 5.41) is 6.69. The summed E-state index contributed by atoms with van der Waals surface area (Å²) < 4.78 is 10.7. The molecule has 0 unspecified atom stereocenters. The predicted octanol–water partition coefficient (Wildman–Crippen LogP) is 3.46. The molecular formula is C28H31N5O5S2. The Labute approximate surface area is 241 Å². The van der Waals surface area contributed by atoms with E-state index in [0.29, 0.717) is 30.0 Å². The number of piperidine rings is 1. The standard InChI is InChI=1S/C28H31N5O5S2/c1-3-38-28(36)19-15-33(10-11-39-26-14-29-21-6-5-18(37-2)13-22(21)31-26)9-8-20(19)32-27(35)17-4-7-24-23(12-17)30-25(34)16-40-24/h4-7,12-14,19-20H,3,8-11,15-16H2,1-2H3,(H,30,34)(H,32,35)/t19-,20+/m0/s1. The van der Waals surface area contributed by atoms with Crippen LogP contribution in [0.15, 0.2) is 52.5 Å². The van der Waals surface area contributed by atoms with Crippen LogP contribution in [0, 0.1) is 5.92 Å². The number of likely N-dealkylation sites (tertiary alicyclic amines) is 1. The SMILES string of the molecule is CCOC(=O)[C@H]1CN(CCSc2cnc3ccc(OC)cc3n2)CC[C@H]1NC(=O)c1ccc2c(c1)NC(=O)CS2. The molecule has 40 heavy (non-hydrogen) atoms. The fraction of sp³-hybridized carbons (Fsp3) is 0.393. The number of carbonyl (C=O) groups excluding carboxylic acids is 3. The van der Waals surface area contributed by atoms with E-state index in [1.54, 1.807) is 44.1 Å². The van der Waals surface area contributed by atoms with E-state index in [1.165, 1.54) is 11.8 Å². The van der Waals surface area contributed by atoms with Gasteiger partial charge >= 0.3 is 5.97 Å².